The molecule has 1 atom stereocenters. The second-order valence-electron chi connectivity index (χ2n) is 14.2. The summed E-state index contributed by atoms with van der Waals surface area (Å²) in [6.07, 6.45) is 46.9. The molecule has 4 nitrogen and oxygen atoms in total. The monoisotopic (exact) mass is 649 g/mol. The number of carboxylic acid groups (broad SMARTS) is 1. The number of carbonyl (C=O) groups is 2. The smallest absolute Gasteiger partial charge is 0.306 e. The third-order valence-corrected chi connectivity index (χ3v) is 9.49. The highest BCUT2D eigenvalue weighted by Gasteiger charge is 2.14. The summed E-state index contributed by atoms with van der Waals surface area (Å²) in [7, 11) is 0. The van der Waals surface area contributed by atoms with E-state index in [-0.39, 0.29) is 12.1 Å². The lowest BCUT2D eigenvalue weighted by molar-refractivity contribution is -0.150. The van der Waals surface area contributed by atoms with Gasteiger partial charge in [-0.3, -0.25) is 9.59 Å². The Balaban J connectivity index is 3.78. The molecule has 1 unspecified atom stereocenters. The van der Waals surface area contributed by atoms with E-state index in [0.717, 1.165) is 38.5 Å². The zero-order valence-corrected chi connectivity index (χ0v) is 31.2. The molecule has 46 heavy (non-hydrogen) atoms. The van der Waals surface area contributed by atoms with Crippen LogP contribution in [0.25, 0.3) is 0 Å². The van der Waals surface area contributed by atoms with Gasteiger partial charge in [0.25, 0.3) is 0 Å². The third-order valence-electron chi connectivity index (χ3n) is 9.49. The average Bonchev–Trinajstić information content (AvgIpc) is 3.04. The van der Waals surface area contributed by atoms with E-state index in [1.807, 2.05) is 0 Å². The lowest BCUT2D eigenvalue weighted by Crippen LogP contribution is -2.18. The second kappa shape index (κ2) is 38.1. The normalized spacial score (nSPS) is 12.2. The fourth-order valence-corrected chi connectivity index (χ4v) is 6.42. The number of carboxylic acids is 1. The number of carbonyl (C=O) groups excluding carboxylic acids is 1. The molecule has 0 saturated heterocycles. The Hall–Kier alpha value is -1.32. The first-order chi connectivity index (χ1) is 22.6. The van der Waals surface area contributed by atoms with Crippen molar-refractivity contribution in [3.05, 3.63) is 12.2 Å². The van der Waals surface area contributed by atoms with Crippen LogP contribution in [-0.2, 0) is 14.3 Å². The molecule has 0 saturated carbocycles. The van der Waals surface area contributed by atoms with Gasteiger partial charge in [-0.15, -0.1) is 0 Å². The number of rotatable bonds is 38. The SMILES string of the molecule is CCCCCCCC/C=C\CCCCCCCC(=O)OC(CCCCCC)CCCCCCCCCCCCCCCCC(=O)O. The van der Waals surface area contributed by atoms with Gasteiger partial charge in [-0.2, -0.15) is 0 Å². The van der Waals surface area contributed by atoms with E-state index >= 15 is 0 Å². The van der Waals surface area contributed by atoms with Crippen LogP contribution in [0, 0.1) is 0 Å². The number of aliphatic carboxylic acids is 1. The van der Waals surface area contributed by atoms with E-state index in [1.54, 1.807) is 0 Å². The van der Waals surface area contributed by atoms with Gasteiger partial charge in [-0.1, -0.05) is 174 Å². The number of ether oxygens (including phenoxy) is 1. The number of hydrogen-bond donors (Lipinski definition) is 1. The van der Waals surface area contributed by atoms with Gasteiger partial charge in [0.15, 0.2) is 0 Å². The topological polar surface area (TPSA) is 63.6 Å². The molecule has 1 N–H and O–H groups in total. The van der Waals surface area contributed by atoms with Crippen LogP contribution < -0.4 is 0 Å². The van der Waals surface area contributed by atoms with Gasteiger partial charge in [0.2, 0.25) is 0 Å². The van der Waals surface area contributed by atoms with Gasteiger partial charge in [-0.25, -0.2) is 0 Å². The van der Waals surface area contributed by atoms with Crippen LogP contribution in [0.1, 0.15) is 239 Å². The van der Waals surface area contributed by atoms with Crippen molar-refractivity contribution in [3.8, 4) is 0 Å². The second-order valence-corrected chi connectivity index (χ2v) is 14.2. The van der Waals surface area contributed by atoms with Crippen LogP contribution in [0.3, 0.4) is 0 Å². The Labute approximate surface area is 287 Å². The van der Waals surface area contributed by atoms with Gasteiger partial charge in [0.1, 0.15) is 6.10 Å². The molecule has 0 heterocycles. The zero-order valence-electron chi connectivity index (χ0n) is 31.2. The Morgan fingerprint density at radius 3 is 1.20 bits per heavy atom. The largest absolute Gasteiger partial charge is 0.481 e. The van der Waals surface area contributed by atoms with Crippen molar-refractivity contribution in [1.29, 1.82) is 0 Å². The van der Waals surface area contributed by atoms with Gasteiger partial charge in [-0.05, 0) is 64.2 Å². The van der Waals surface area contributed by atoms with Crippen molar-refractivity contribution in [2.45, 2.75) is 245 Å². The van der Waals surface area contributed by atoms with Crippen LogP contribution in [0.5, 0.6) is 0 Å². The van der Waals surface area contributed by atoms with Crippen molar-refractivity contribution in [2.24, 2.45) is 0 Å². The number of unbranched alkanes of at least 4 members (excludes halogenated alkanes) is 27. The van der Waals surface area contributed by atoms with Crippen LogP contribution in [0.4, 0.5) is 0 Å². The summed E-state index contributed by atoms with van der Waals surface area (Å²) in [6.45, 7) is 4.53. The maximum absolute atomic E-state index is 12.6. The lowest BCUT2D eigenvalue weighted by Gasteiger charge is -2.18. The zero-order chi connectivity index (χ0) is 33.6. The molecule has 0 aliphatic rings. The molecular weight excluding hydrogens is 568 g/mol. The van der Waals surface area contributed by atoms with Crippen molar-refractivity contribution in [2.75, 3.05) is 0 Å². The summed E-state index contributed by atoms with van der Waals surface area (Å²) in [5, 5.41) is 8.68. The Kier molecular flexibility index (Phi) is 37.0. The maximum Gasteiger partial charge on any atom is 0.306 e. The minimum atomic E-state index is -0.665. The van der Waals surface area contributed by atoms with Gasteiger partial charge < -0.3 is 9.84 Å². The quantitative estimate of drug-likeness (QED) is 0.0411. The lowest BCUT2D eigenvalue weighted by atomic mass is 10.0. The van der Waals surface area contributed by atoms with E-state index in [0.29, 0.717) is 12.8 Å². The van der Waals surface area contributed by atoms with Crippen LogP contribution in [0.2, 0.25) is 0 Å². The third kappa shape index (κ3) is 37.1. The molecule has 0 aliphatic heterocycles. The predicted octanol–water partition coefficient (Wildman–Crippen LogP) is 14.2. The first-order valence-corrected chi connectivity index (χ1v) is 20.7. The van der Waals surface area contributed by atoms with Gasteiger partial charge in [0, 0.05) is 12.8 Å². The predicted molar refractivity (Wildman–Crippen MR) is 200 cm³/mol. The molecule has 272 valence electrons. The number of esters is 1. The molecule has 0 aromatic rings. The van der Waals surface area contributed by atoms with Crippen molar-refractivity contribution >= 4 is 11.9 Å². The highest BCUT2D eigenvalue weighted by molar-refractivity contribution is 5.69. The minimum absolute atomic E-state index is 0.0382. The average molecular weight is 649 g/mol. The highest BCUT2D eigenvalue weighted by atomic mass is 16.5. The fraction of sp³-hybridized carbons (Fsp3) is 0.905. The summed E-state index contributed by atoms with van der Waals surface area (Å²) in [5.74, 6) is -0.627. The molecule has 0 aliphatic carbocycles. The maximum atomic E-state index is 12.6. The molecule has 4 heteroatoms. The summed E-state index contributed by atoms with van der Waals surface area (Å²) < 4.78 is 6.01. The Morgan fingerprint density at radius 2 is 0.783 bits per heavy atom. The Bertz CT molecular complexity index is 658. The summed E-state index contributed by atoms with van der Waals surface area (Å²) in [5.41, 5.74) is 0. The first kappa shape index (κ1) is 44.7. The molecular formula is C42H80O4. The molecule has 0 fully saturated rings. The van der Waals surface area contributed by atoms with Gasteiger partial charge in [0.05, 0.1) is 0 Å². The molecule has 0 rings (SSSR count). The summed E-state index contributed by atoms with van der Waals surface area (Å²) >= 11 is 0. The molecule has 0 aromatic carbocycles. The molecule has 0 bridgehead atoms. The fourth-order valence-electron chi connectivity index (χ4n) is 6.42. The van der Waals surface area contributed by atoms with Gasteiger partial charge >= 0.3 is 11.9 Å². The van der Waals surface area contributed by atoms with E-state index in [1.165, 1.54) is 173 Å². The van der Waals surface area contributed by atoms with Crippen LogP contribution >= 0.6 is 0 Å². The van der Waals surface area contributed by atoms with E-state index in [2.05, 4.69) is 26.0 Å². The highest BCUT2D eigenvalue weighted by Crippen LogP contribution is 2.19. The Morgan fingerprint density at radius 1 is 0.457 bits per heavy atom. The first-order valence-electron chi connectivity index (χ1n) is 20.7. The molecule has 0 spiro atoms. The standard InChI is InChI=1S/C42H80O4/c1-3-5-7-9-10-11-12-13-14-19-22-25-28-31-35-39-42(45)46-40(36-32-8-6-4-2)37-33-29-26-23-20-17-15-16-18-21-24-27-30-34-38-41(43)44/h13-14,40H,3-12,15-39H2,1-2H3,(H,43,44)/b14-13-. The summed E-state index contributed by atoms with van der Waals surface area (Å²) in [6, 6.07) is 0. The van der Waals surface area contributed by atoms with Crippen LogP contribution in [0.15, 0.2) is 12.2 Å². The van der Waals surface area contributed by atoms with E-state index in [4.69, 9.17) is 9.84 Å². The van der Waals surface area contributed by atoms with Crippen molar-refractivity contribution in [3.63, 3.8) is 0 Å². The van der Waals surface area contributed by atoms with E-state index < -0.39 is 5.97 Å². The summed E-state index contributed by atoms with van der Waals surface area (Å²) in [4.78, 5) is 23.1. The van der Waals surface area contributed by atoms with Crippen molar-refractivity contribution in [1.82, 2.24) is 0 Å². The number of hydrogen-bond acceptors (Lipinski definition) is 3. The van der Waals surface area contributed by atoms with Crippen LogP contribution in [-0.4, -0.2) is 23.1 Å². The van der Waals surface area contributed by atoms with Crippen molar-refractivity contribution < 1.29 is 19.4 Å². The minimum Gasteiger partial charge on any atom is -0.481 e. The molecule has 0 aromatic heterocycles. The van der Waals surface area contributed by atoms with E-state index in [9.17, 15) is 9.59 Å². The molecule has 0 radical (unpaired) electrons. The molecule has 0 amide bonds. The number of allylic oxidation sites excluding steroid dienone is 2.